The van der Waals surface area contributed by atoms with E-state index in [-0.39, 0.29) is 27.0 Å². The zero-order valence-corrected chi connectivity index (χ0v) is 15.1. The predicted octanol–water partition coefficient (Wildman–Crippen LogP) is 3.53. The van der Waals surface area contributed by atoms with Gasteiger partial charge in [0.25, 0.3) is 5.56 Å². The Morgan fingerprint density at radius 1 is 1.19 bits per heavy atom. The van der Waals surface area contributed by atoms with Crippen LogP contribution in [-0.4, -0.2) is 14.7 Å². The minimum atomic E-state index is -4.93. The van der Waals surface area contributed by atoms with Gasteiger partial charge in [-0.25, -0.2) is 13.8 Å². The number of rotatable bonds is 1. The first-order valence-corrected chi connectivity index (χ1v) is 8.02. The van der Waals surface area contributed by atoms with E-state index in [9.17, 15) is 27.2 Å². The molecule has 2 heterocycles. The summed E-state index contributed by atoms with van der Waals surface area (Å²) in [5.74, 6) is -1.28. The first-order valence-electron chi connectivity index (χ1n) is 7.64. The highest BCUT2D eigenvalue weighted by atomic mass is 35.5. The lowest BCUT2D eigenvalue weighted by molar-refractivity contribution is -0.144. The van der Waals surface area contributed by atoms with E-state index in [1.807, 2.05) is 0 Å². The molecule has 0 atom stereocenters. The van der Waals surface area contributed by atoms with Crippen molar-refractivity contribution >= 4 is 17.7 Å². The van der Waals surface area contributed by atoms with Gasteiger partial charge in [0.2, 0.25) is 0 Å². The Hall–Kier alpha value is -2.55. The SMILES string of the molecule is Cn1c(C(F)(F)F)cc(=O)n(-c2c(F)cc(Cl)c3c2OC(C)(C)C=C3)c1=O. The van der Waals surface area contributed by atoms with Gasteiger partial charge in [0, 0.05) is 18.7 Å². The lowest BCUT2D eigenvalue weighted by Gasteiger charge is -2.30. The molecule has 0 bridgehead atoms. The van der Waals surface area contributed by atoms with E-state index >= 15 is 0 Å². The van der Waals surface area contributed by atoms with Gasteiger partial charge in [-0.1, -0.05) is 11.6 Å². The fraction of sp³-hybridized carbons (Fsp3) is 0.294. The molecule has 1 aromatic heterocycles. The second-order valence-corrected chi connectivity index (χ2v) is 6.92. The third-order valence-electron chi connectivity index (χ3n) is 4.05. The molecule has 1 aromatic carbocycles. The number of nitrogens with zero attached hydrogens (tertiary/aromatic N) is 2. The molecule has 1 aliphatic heterocycles. The summed E-state index contributed by atoms with van der Waals surface area (Å²) in [6.45, 7) is 3.28. The van der Waals surface area contributed by atoms with Gasteiger partial charge < -0.3 is 4.74 Å². The topological polar surface area (TPSA) is 53.2 Å². The van der Waals surface area contributed by atoms with Crippen LogP contribution in [0.15, 0.2) is 27.8 Å². The maximum Gasteiger partial charge on any atom is 0.431 e. The Morgan fingerprint density at radius 2 is 1.81 bits per heavy atom. The van der Waals surface area contributed by atoms with E-state index in [1.165, 1.54) is 6.08 Å². The first-order chi connectivity index (χ1) is 12.3. The number of halogens is 5. The minimum absolute atomic E-state index is 0.0326. The number of ether oxygens (including phenoxy) is 1. The Morgan fingerprint density at radius 3 is 2.41 bits per heavy atom. The molecule has 0 aliphatic carbocycles. The van der Waals surface area contributed by atoms with Crippen LogP contribution in [0.1, 0.15) is 25.1 Å². The molecule has 0 saturated carbocycles. The molecule has 0 N–H and O–H groups in total. The highest BCUT2D eigenvalue weighted by Crippen LogP contribution is 2.41. The maximum absolute atomic E-state index is 14.7. The summed E-state index contributed by atoms with van der Waals surface area (Å²) in [7, 11) is 0.839. The van der Waals surface area contributed by atoms with Crippen molar-refractivity contribution in [1.82, 2.24) is 9.13 Å². The van der Waals surface area contributed by atoms with Crippen LogP contribution in [0.25, 0.3) is 11.8 Å². The molecule has 0 spiro atoms. The van der Waals surface area contributed by atoms with Crippen molar-refractivity contribution in [2.24, 2.45) is 7.05 Å². The standard InChI is InChI=1S/C17H13ClF4N2O3/c1-16(2)5-4-8-9(18)6-10(19)13(14(8)27-16)24-12(25)7-11(17(20,21)22)23(3)15(24)26/h4-7H,1-3H3. The van der Waals surface area contributed by atoms with Crippen molar-refractivity contribution in [1.29, 1.82) is 0 Å². The van der Waals surface area contributed by atoms with E-state index in [0.29, 0.717) is 4.57 Å². The Balaban J connectivity index is 2.41. The molecule has 0 unspecified atom stereocenters. The second kappa shape index (κ2) is 5.98. The average Bonchev–Trinajstić information content (AvgIpc) is 2.51. The third kappa shape index (κ3) is 3.16. The van der Waals surface area contributed by atoms with Gasteiger partial charge in [-0.05, 0) is 32.1 Å². The number of benzene rings is 1. The van der Waals surface area contributed by atoms with Crippen molar-refractivity contribution in [3.8, 4) is 11.4 Å². The summed E-state index contributed by atoms with van der Waals surface area (Å²) in [6, 6.07) is 1.09. The van der Waals surface area contributed by atoms with Crippen LogP contribution in [0.2, 0.25) is 5.02 Å². The first kappa shape index (κ1) is 19.2. The van der Waals surface area contributed by atoms with Gasteiger partial charge in [0.15, 0.2) is 11.6 Å². The van der Waals surface area contributed by atoms with Crippen molar-refractivity contribution in [3.05, 3.63) is 61.1 Å². The van der Waals surface area contributed by atoms with Crippen LogP contribution in [0.3, 0.4) is 0 Å². The smallest absolute Gasteiger partial charge is 0.431 e. The number of fused-ring (bicyclic) bond motifs is 1. The molecule has 0 fully saturated rings. The van der Waals surface area contributed by atoms with Gasteiger partial charge >= 0.3 is 11.9 Å². The molecular formula is C17H13ClF4N2O3. The van der Waals surface area contributed by atoms with Crippen LogP contribution in [0, 0.1) is 5.82 Å². The second-order valence-electron chi connectivity index (χ2n) is 6.51. The van der Waals surface area contributed by atoms with Crippen molar-refractivity contribution < 1.29 is 22.3 Å². The number of aromatic nitrogens is 2. The van der Waals surface area contributed by atoms with E-state index in [0.717, 1.165) is 13.1 Å². The Labute approximate surface area is 155 Å². The average molecular weight is 405 g/mol. The van der Waals surface area contributed by atoms with Crippen LogP contribution in [-0.2, 0) is 13.2 Å². The molecule has 0 radical (unpaired) electrons. The summed E-state index contributed by atoms with van der Waals surface area (Å²) in [5.41, 5.74) is -5.45. The Bertz CT molecular complexity index is 1100. The number of hydrogen-bond acceptors (Lipinski definition) is 3. The molecule has 144 valence electrons. The minimum Gasteiger partial charge on any atom is -0.481 e. The predicted molar refractivity (Wildman–Crippen MR) is 91.0 cm³/mol. The molecular weight excluding hydrogens is 392 g/mol. The molecule has 0 saturated heterocycles. The molecule has 0 amide bonds. The van der Waals surface area contributed by atoms with Crippen LogP contribution in [0.4, 0.5) is 17.6 Å². The molecule has 1 aliphatic rings. The Kier molecular flexibility index (Phi) is 4.26. The van der Waals surface area contributed by atoms with Crippen LogP contribution < -0.4 is 16.0 Å². The van der Waals surface area contributed by atoms with Crippen molar-refractivity contribution in [2.45, 2.75) is 25.6 Å². The summed E-state index contributed by atoms with van der Waals surface area (Å²) >= 11 is 6.01. The van der Waals surface area contributed by atoms with E-state index in [4.69, 9.17) is 16.3 Å². The van der Waals surface area contributed by atoms with Crippen LogP contribution >= 0.6 is 11.6 Å². The fourth-order valence-electron chi connectivity index (χ4n) is 2.75. The van der Waals surface area contributed by atoms with Gasteiger partial charge in [0.05, 0.1) is 5.02 Å². The summed E-state index contributed by atoms with van der Waals surface area (Å²) < 4.78 is 59.9. The van der Waals surface area contributed by atoms with Crippen molar-refractivity contribution in [2.75, 3.05) is 0 Å². The normalized spacial score (nSPS) is 15.4. The largest absolute Gasteiger partial charge is 0.481 e. The lowest BCUT2D eigenvalue weighted by atomic mass is 10.0. The van der Waals surface area contributed by atoms with E-state index < -0.39 is 40.2 Å². The summed E-state index contributed by atoms with van der Waals surface area (Å²) in [4.78, 5) is 24.8. The molecule has 2 aromatic rings. The summed E-state index contributed by atoms with van der Waals surface area (Å²) in [5, 5.41) is -0.0326. The van der Waals surface area contributed by atoms with Gasteiger partial charge in [-0.3, -0.25) is 9.36 Å². The number of alkyl halides is 3. The van der Waals surface area contributed by atoms with E-state index in [2.05, 4.69) is 0 Å². The van der Waals surface area contributed by atoms with Crippen LogP contribution in [0.5, 0.6) is 5.75 Å². The molecule has 10 heteroatoms. The zero-order valence-electron chi connectivity index (χ0n) is 14.3. The quantitative estimate of drug-likeness (QED) is 0.683. The van der Waals surface area contributed by atoms with E-state index in [1.54, 1.807) is 19.9 Å². The highest BCUT2D eigenvalue weighted by Gasteiger charge is 2.36. The monoisotopic (exact) mass is 404 g/mol. The molecule has 3 rings (SSSR count). The lowest BCUT2D eigenvalue weighted by Crippen LogP contribution is -2.41. The maximum atomic E-state index is 14.7. The molecule has 5 nitrogen and oxygen atoms in total. The highest BCUT2D eigenvalue weighted by molar-refractivity contribution is 6.32. The third-order valence-corrected chi connectivity index (χ3v) is 4.36. The van der Waals surface area contributed by atoms with Gasteiger partial charge in [-0.15, -0.1) is 0 Å². The van der Waals surface area contributed by atoms with Gasteiger partial charge in [0.1, 0.15) is 17.0 Å². The molecule has 27 heavy (non-hydrogen) atoms. The van der Waals surface area contributed by atoms with Gasteiger partial charge in [-0.2, -0.15) is 13.2 Å². The zero-order chi connectivity index (χ0) is 20.3. The van der Waals surface area contributed by atoms with Crippen molar-refractivity contribution in [3.63, 3.8) is 0 Å². The number of hydrogen-bond donors (Lipinski definition) is 0. The fourth-order valence-corrected chi connectivity index (χ4v) is 3.00. The summed E-state index contributed by atoms with van der Waals surface area (Å²) in [6.07, 6.45) is -1.76.